The Morgan fingerprint density at radius 2 is 2.14 bits per heavy atom. The smallest absolute Gasteiger partial charge is 0.268 e. The number of nitrogens with zero attached hydrogens (tertiary/aromatic N) is 3. The average molecular weight is 348 g/mol. The van der Waals surface area contributed by atoms with Crippen molar-refractivity contribution in [2.75, 3.05) is 19.3 Å². The SMILES string of the molecule is CN=C1NS(=O)(=O)NC1=NCCSCc1ncccc1Cl. The van der Waals surface area contributed by atoms with Crippen LogP contribution in [0.4, 0.5) is 0 Å². The number of rotatable bonds is 5. The molecule has 114 valence electrons. The summed E-state index contributed by atoms with van der Waals surface area (Å²) in [5.41, 5.74) is 0.830. The summed E-state index contributed by atoms with van der Waals surface area (Å²) < 4.78 is 27.2. The average Bonchev–Trinajstić information content (AvgIpc) is 2.75. The molecular formula is C11H14ClN5O2S2. The van der Waals surface area contributed by atoms with E-state index in [0.717, 1.165) is 11.4 Å². The highest BCUT2D eigenvalue weighted by atomic mass is 35.5. The predicted molar refractivity (Wildman–Crippen MR) is 86.3 cm³/mol. The lowest BCUT2D eigenvalue weighted by Gasteiger charge is -2.02. The third-order valence-electron chi connectivity index (χ3n) is 2.49. The standard InChI is InChI=1S/C11H14ClN5O2S2/c1-13-10-11(17-21(18,19)16-10)15-5-6-20-7-9-8(12)3-2-4-14-9/h2-4H,5-7H2,1H3,(H,13,16)(H,15,17). The molecule has 2 N–H and O–H groups in total. The summed E-state index contributed by atoms with van der Waals surface area (Å²) in [6.45, 7) is 0.466. The molecule has 2 rings (SSSR count). The van der Waals surface area contributed by atoms with Crippen molar-refractivity contribution in [1.29, 1.82) is 0 Å². The number of amidine groups is 2. The predicted octanol–water partition coefficient (Wildman–Crippen LogP) is 0.833. The van der Waals surface area contributed by atoms with Crippen LogP contribution in [-0.4, -0.2) is 44.4 Å². The van der Waals surface area contributed by atoms with Gasteiger partial charge in [-0.05, 0) is 12.1 Å². The Hall–Kier alpha value is -1.32. The van der Waals surface area contributed by atoms with E-state index in [2.05, 4.69) is 24.4 Å². The van der Waals surface area contributed by atoms with Crippen LogP contribution in [0.25, 0.3) is 0 Å². The van der Waals surface area contributed by atoms with E-state index in [0.29, 0.717) is 17.3 Å². The maximum absolute atomic E-state index is 11.3. The molecule has 0 amide bonds. The number of halogens is 1. The van der Waals surface area contributed by atoms with Gasteiger partial charge in [0.15, 0.2) is 11.7 Å². The summed E-state index contributed by atoms with van der Waals surface area (Å²) in [5, 5.41) is 0.643. The minimum Gasteiger partial charge on any atom is -0.268 e. The van der Waals surface area contributed by atoms with E-state index in [-0.39, 0.29) is 11.7 Å². The van der Waals surface area contributed by atoms with Crippen molar-refractivity contribution >= 4 is 45.2 Å². The zero-order chi connectivity index (χ0) is 15.3. The van der Waals surface area contributed by atoms with Gasteiger partial charge in [-0.15, -0.1) is 0 Å². The molecular weight excluding hydrogens is 334 g/mol. The minimum atomic E-state index is -3.54. The summed E-state index contributed by atoms with van der Waals surface area (Å²) in [6.07, 6.45) is 1.70. The zero-order valence-electron chi connectivity index (χ0n) is 11.2. The molecule has 1 saturated heterocycles. The lowest BCUT2D eigenvalue weighted by atomic mass is 10.4. The van der Waals surface area contributed by atoms with E-state index in [1.54, 1.807) is 30.1 Å². The van der Waals surface area contributed by atoms with Crippen LogP contribution < -0.4 is 9.44 Å². The topological polar surface area (TPSA) is 95.8 Å². The lowest BCUT2D eigenvalue weighted by Crippen LogP contribution is -2.24. The fourth-order valence-electron chi connectivity index (χ4n) is 1.55. The van der Waals surface area contributed by atoms with Crippen LogP contribution in [0.15, 0.2) is 28.3 Å². The van der Waals surface area contributed by atoms with Crippen LogP contribution >= 0.6 is 23.4 Å². The van der Waals surface area contributed by atoms with Crippen molar-refractivity contribution in [3.05, 3.63) is 29.0 Å². The van der Waals surface area contributed by atoms with Crippen molar-refractivity contribution < 1.29 is 8.42 Å². The molecule has 0 unspecified atom stereocenters. The van der Waals surface area contributed by atoms with Gasteiger partial charge in [0.1, 0.15) is 0 Å². The van der Waals surface area contributed by atoms with Crippen molar-refractivity contribution in [3.63, 3.8) is 0 Å². The van der Waals surface area contributed by atoms with Gasteiger partial charge in [0, 0.05) is 24.8 Å². The highest BCUT2D eigenvalue weighted by Gasteiger charge is 2.27. The molecule has 0 atom stereocenters. The van der Waals surface area contributed by atoms with Gasteiger partial charge in [-0.25, -0.2) is 9.44 Å². The first kappa shape index (κ1) is 16.1. The molecule has 0 aliphatic carbocycles. The Morgan fingerprint density at radius 1 is 1.38 bits per heavy atom. The third kappa shape index (κ3) is 4.58. The molecule has 0 bridgehead atoms. The minimum absolute atomic E-state index is 0.229. The van der Waals surface area contributed by atoms with Crippen molar-refractivity contribution in [1.82, 2.24) is 14.4 Å². The molecule has 10 heteroatoms. The van der Waals surface area contributed by atoms with E-state index in [4.69, 9.17) is 11.6 Å². The summed E-state index contributed by atoms with van der Waals surface area (Å²) in [7, 11) is -2.05. The van der Waals surface area contributed by atoms with Gasteiger partial charge in [-0.3, -0.25) is 15.0 Å². The van der Waals surface area contributed by atoms with Crippen LogP contribution in [0.5, 0.6) is 0 Å². The van der Waals surface area contributed by atoms with Crippen LogP contribution in [0.1, 0.15) is 5.69 Å². The second kappa shape index (κ2) is 7.10. The van der Waals surface area contributed by atoms with E-state index < -0.39 is 10.2 Å². The number of thioether (sulfide) groups is 1. The molecule has 1 aromatic rings. The second-order valence-electron chi connectivity index (χ2n) is 3.99. The van der Waals surface area contributed by atoms with Gasteiger partial charge < -0.3 is 0 Å². The van der Waals surface area contributed by atoms with Crippen LogP contribution in [-0.2, 0) is 16.0 Å². The molecule has 2 heterocycles. The molecule has 0 radical (unpaired) electrons. The van der Waals surface area contributed by atoms with Gasteiger partial charge in [0.05, 0.1) is 17.3 Å². The largest absolute Gasteiger partial charge is 0.324 e. The number of aromatic nitrogens is 1. The quantitative estimate of drug-likeness (QED) is 0.771. The lowest BCUT2D eigenvalue weighted by molar-refractivity contribution is 0.591. The van der Waals surface area contributed by atoms with E-state index in [1.807, 2.05) is 0 Å². The summed E-state index contributed by atoms with van der Waals surface area (Å²) in [5.74, 6) is 1.87. The summed E-state index contributed by atoms with van der Waals surface area (Å²) in [4.78, 5) is 12.2. The molecule has 1 aliphatic heterocycles. The maximum Gasteiger partial charge on any atom is 0.324 e. The Bertz CT molecular complexity index is 675. The van der Waals surface area contributed by atoms with Crippen LogP contribution in [0.3, 0.4) is 0 Å². The number of hydrogen-bond acceptors (Lipinski definition) is 6. The number of hydrogen-bond donors (Lipinski definition) is 2. The van der Waals surface area contributed by atoms with Crippen molar-refractivity contribution in [2.45, 2.75) is 5.75 Å². The van der Waals surface area contributed by atoms with Crippen LogP contribution in [0.2, 0.25) is 5.02 Å². The van der Waals surface area contributed by atoms with Gasteiger partial charge >= 0.3 is 10.2 Å². The number of pyridine rings is 1. The molecule has 0 spiro atoms. The Balaban J connectivity index is 1.82. The number of nitrogens with one attached hydrogen (secondary N) is 2. The molecule has 21 heavy (non-hydrogen) atoms. The summed E-state index contributed by atoms with van der Waals surface area (Å²) >= 11 is 7.63. The molecule has 0 saturated carbocycles. The first-order valence-corrected chi connectivity index (χ1v) is 9.03. The highest BCUT2D eigenvalue weighted by Crippen LogP contribution is 2.18. The van der Waals surface area contributed by atoms with Crippen molar-refractivity contribution in [2.24, 2.45) is 9.98 Å². The van der Waals surface area contributed by atoms with Gasteiger partial charge in [-0.1, -0.05) is 11.6 Å². The fraction of sp³-hybridized carbons (Fsp3) is 0.364. The highest BCUT2D eigenvalue weighted by molar-refractivity contribution is 7.98. The number of aliphatic imine (C=N–C) groups is 2. The van der Waals surface area contributed by atoms with Crippen molar-refractivity contribution in [3.8, 4) is 0 Å². The first-order valence-electron chi connectivity index (χ1n) is 6.01. The monoisotopic (exact) mass is 347 g/mol. The third-order valence-corrected chi connectivity index (χ3v) is 4.71. The first-order chi connectivity index (χ1) is 10.0. The van der Waals surface area contributed by atoms with E-state index in [9.17, 15) is 8.42 Å². The molecule has 7 nitrogen and oxygen atoms in total. The Labute approximate surface area is 132 Å². The second-order valence-corrected chi connectivity index (χ2v) is 6.92. The van der Waals surface area contributed by atoms with E-state index >= 15 is 0 Å². The van der Waals surface area contributed by atoms with Gasteiger partial charge in [-0.2, -0.15) is 20.2 Å². The molecule has 1 fully saturated rings. The zero-order valence-corrected chi connectivity index (χ0v) is 13.6. The van der Waals surface area contributed by atoms with Gasteiger partial charge in [0.2, 0.25) is 0 Å². The fourth-order valence-corrected chi connectivity index (χ4v) is 3.52. The molecule has 1 aromatic heterocycles. The summed E-state index contributed by atoms with van der Waals surface area (Å²) in [6, 6.07) is 3.58. The Morgan fingerprint density at radius 3 is 2.86 bits per heavy atom. The maximum atomic E-state index is 11.3. The Kier molecular flexibility index (Phi) is 5.43. The van der Waals surface area contributed by atoms with Gasteiger partial charge in [0.25, 0.3) is 0 Å². The molecule has 1 aliphatic rings. The van der Waals surface area contributed by atoms with Crippen LogP contribution in [0, 0.1) is 0 Å². The molecule has 0 aromatic carbocycles. The van der Waals surface area contributed by atoms with E-state index in [1.165, 1.54) is 7.05 Å². The normalized spacial score (nSPS) is 20.5.